The molecule has 0 aromatic heterocycles. The number of allylic oxidation sites excluding steroid dienone is 2. The lowest BCUT2D eigenvalue weighted by Gasteiger charge is -2.23. The third-order valence-electron chi connectivity index (χ3n) is 6.29. The van der Waals surface area contributed by atoms with Crippen molar-refractivity contribution in [3.8, 4) is 0 Å². The molecule has 5 heteroatoms. The Morgan fingerprint density at radius 3 is 2.56 bits per heavy atom. The van der Waals surface area contributed by atoms with Crippen molar-refractivity contribution in [2.45, 2.75) is 108 Å². The number of halogens is 1. The lowest BCUT2D eigenvalue weighted by molar-refractivity contribution is -0.147. The number of alkyl halides is 1. The van der Waals surface area contributed by atoms with Crippen molar-refractivity contribution in [3.05, 3.63) is 47.5 Å². The summed E-state index contributed by atoms with van der Waals surface area (Å²) in [5, 5.41) is 21.0. The first-order valence-corrected chi connectivity index (χ1v) is 12.7. The van der Waals surface area contributed by atoms with Gasteiger partial charge in [-0.15, -0.1) is 11.6 Å². The number of hydrogen-bond donors (Lipinski definition) is 2. The second-order valence-corrected chi connectivity index (χ2v) is 9.89. The minimum atomic E-state index is -0.456. The standard InChI is InChI=1S/C27H41ClO4/c1-4-5-8-12-24(29)20-14-16-21(17-15-20)27-22(23(28)18-25(27)30)11-9-6-7-10-13-26(31)32-19(2)3/h6,9,14-17,19,22-25,27,29-30H,4-5,7-8,10-13,18H2,1-3H3/b9-6-/t22?,23-,24?,25-,27?/m1/s1. The minimum Gasteiger partial charge on any atom is -0.463 e. The highest BCUT2D eigenvalue weighted by Crippen LogP contribution is 2.45. The van der Waals surface area contributed by atoms with Crippen LogP contribution in [-0.2, 0) is 9.53 Å². The van der Waals surface area contributed by atoms with Gasteiger partial charge in [0.15, 0.2) is 0 Å². The molecule has 32 heavy (non-hydrogen) atoms. The highest BCUT2D eigenvalue weighted by atomic mass is 35.5. The van der Waals surface area contributed by atoms with Crippen LogP contribution in [-0.4, -0.2) is 33.8 Å². The molecular formula is C27H41ClO4. The maximum Gasteiger partial charge on any atom is 0.306 e. The number of aliphatic hydroxyl groups excluding tert-OH is 2. The van der Waals surface area contributed by atoms with Gasteiger partial charge in [0, 0.05) is 17.7 Å². The van der Waals surface area contributed by atoms with E-state index in [1.54, 1.807) is 0 Å². The summed E-state index contributed by atoms with van der Waals surface area (Å²) in [4.78, 5) is 11.6. The van der Waals surface area contributed by atoms with Crippen LogP contribution in [0.15, 0.2) is 36.4 Å². The molecule has 4 nitrogen and oxygen atoms in total. The third kappa shape index (κ3) is 8.53. The van der Waals surface area contributed by atoms with Crippen molar-refractivity contribution >= 4 is 17.6 Å². The molecule has 0 radical (unpaired) electrons. The molecule has 1 aromatic carbocycles. The summed E-state index contributed by atoms with van der Waals surface area (Å²) in [6.45, 7) is 5.87. The van der Waals surface area contributed by atoms with E-state index in [-0.39, 0.29) is 29.3 Å². The van der Waals surface area contributed by atoms with Gasteiger partial charge in [0.05, 0.1) is 18.3 Å². The van der Waals surface area contributed by atoms with Crippen LogP contribution in [0.1, 0.15) is 102 Å². The predicted molar refractivity (Wildman–Crippen MR) is 131 cm³/mol. The van der Waals surface area contributed by atoms with Crippen LogP contribution in [0.4, 0.5) is 0 Å². The maximum absolute atomic E-state index is 11.6. The number of benzene rings is 1. The van der Waals surface area contributed by atoms with E-state index in [0.717, 1.165) is 56.1 Å². The smallest absolute Gasteiger partial charge is 0.306 e. The van der Waals surface area contributed by atoms with Crippen molar-refractivity contribution in [2.24, 2.45) is 5.92 Å². The number of aliphatic hydroxyl groups is 2. The van der Waals surface area contributed by atoms with Crippen molar-refractivity contribution in [1.29, 1.82) is 0 Å². The Bertz CT molecular complexity index is 700. The molecular weight excluding hydrogens is 424 g/mol. The van der Waals surface area contributed by atoms with Gasteiger partial charge < -0.3 is 14.9 Å². The number of unbranched alkanes of at least 4 members (excludes halogenated alkanes) is 3. The molecule has 0 spiro atoms. The molecule has 3 unspecified atom stereocenters. The van der Waals surface area contributed by atoms with E-state index in [4.69, 9.17) is 16.3 Å². The lowest BCUT2D eigenvalue weighted by atomic mass is 9.84. The average molecular weight is 465 g/mol. The maximum atomic E-state index is 11.6. The zero-order chi connectivity index (χ0) is 23.5. The van der Waals surface area contributed by atoms with Crippen LogP contribution in [0.3, 0.4) is 0 Å². The molecule has 0 saturated heterocycles. The first-order chi connectivity index (χ1) is 15.3. The van der Waals surface area contributed by atoms with Crippen molar-refractivity contribution in [2.75, 3.05) is 0 Å². The summed E-state index contributed by atoms with van der Waals surface area (Å²) < 4.78 is 5.15. The van der Waals surface area contributed by atoms with Crippen LogP contribution in [0.25, 0.3) is 0 Å². The topological polar surface area (TPSA) is 66.8 Å². The van der Waals surface area contributed by atoms with Crippen LogP contribution < -0.4 is 0 Å². The number of rotatable bonds is 13. The Morgan fingerprint density at radius 2 is 1.91 bits per heavy atom. The molecule has 0 heterocycles. The van der Waals surface area contributed by atoms with E-state index in [1.807, 2.05) is 38.1 Å². The van der Waals surface area contributed by atoms with Gasteiger partial charge in [0.1, 0.15) is 0 Å². The monoisotopic (exact) mass is 464 g/mol. The molecule has 2 rings (SSSR count). The van der Waals surface area contributed by atoms with Gasteiger partial charge in [-0.25, -0.2) is 0 Å². The van der Waals surface area contributed by atoms with Crippen LogP contribution in [0, 0.1) is 5.92 Å². The van der Waals surface area contributed by atoms with E-state index in [9.17, 15) is 15.0 Å². The molecule has 0 amide bonds. The van der Waals surface area contributed by atoms with Crippen molar-refractivity contribution in [1.82, 2.24) is 0 Å². The van der Waals surface area contributed by atoms with E-state index in [1.165, 1.54) is 0 Å². The summed E-state index contributed by atoms with van der Waals surface area (Å²) in [6, 6.07) is 8.06. The van der Waals surface area contributed by atoms with Gasteiger partial charge in [-0.1, -0.05) is 62.6 Å². The molecule has 0 bridgehead atoms. The van der Waals surface area contributed by atoms with E-state index < -0.39 is 12.2 Å². The molecule has 1 aliphatic carbocycles. The Labute approximate surface area is 199 Å². The van der Waals surface area contributed by atoms with Crippen LogP contribution in [0.2, 0.25) is 0 Å². The molecule has 5 atom stereocenters. The van der Waals surface area contributed by atoms with Crippen LogP contribution in [0.5, 0.6) is 0 Å². The minimum absolute atomic E-state index is 0.00514. The Balaban J connectivity index is 1.89. The predicted octanol–water partition coefficient (Wildman–Crippen LogP) is 6.44. The summed E-state index contributed by atoms with van der Waals surface area (Å²) in [6.07, 6.45) is 10.8. The van der Waals surface area contributed by atoms with Crippen molar-refractivity contribution < 1.29 is 19.7 Å². The highest BCUT2D eigenvalue weighted by Gasteiger charge is 2.41. The highest BCUT2D eigenvalue weighted by molar-refractivity contribution is 6.21. The number of esters is 1. The summed E-state index contributed by atoms with van der Waals surface area (Å²) in [5.41, 5.74) is 2.02. The molecule has 180 valence electrons. The van der Waals surface area contributed by atoms with Gasteiger partial charge in [0.2, 0.25) is 0 Å². The third-order valence-corrected chi connectivity index (χ3v) is 6.79. The van der Waals surface area contributed by atoms with E-state index in [0.29, 0.717) is 12.8 Å². The Hall–Kier alpha value is -1.36. The summed E-state index contributed by atoms with van der Waals surface area (Å²) in [5.74, 6) is 0.00994. The second-order valence-electron chi connectivity index (χ2n) is 9.32. The quantitative estimate of drug-likeness (QED) is 0.152. The SMILES string of the molecule is CCCCCC(O)c1ccc(C2C(C/C=C\CCCC(=O)OC(C)C)[C@H](Cl)C[C@H]2O)cc1. The number of hydrogen-bond acceptors (Lipinski definition) is 4. The average Bonchev–Trinajstić information content (AvgIpc) is 3.03. The summed E-state index contributed by atoms with van der Waals surface area (Å²) in [7, 11) is 0. The second kappa shape index (κ2) is 14.0. The molecule has 1 saturated carbocycles. The molecule has 0 aliphatic heterocycles. The summed E-state index contributed by atoms with van der Waals surface area (Å²) >= 11 is 6.61. The van der Waals surface area contributed by atoms with E-state index >= 15 is 0 Å². The molecule has 2 N–H and O–H groups in total. The van der Waals surface area contributed by atoms with Crippen LogP contribution >= 0.6 is 11.6 Å². The molecule has 1 aromatic rings. The van der Waals surface area contributed by atoms with E-state index in [2.05, 4.69) is 19.1 Å². The zero-order valence-corrected chi connectivity index (χ0v) is 20.6. The fraction of sp³-hybridized carbons (Fsp3) is 0.667. The van der Waals surface area contributed by atoms with Gasteiger partial charge in [0.25, 0.3) is 0 Å². The fourth-order valence-electron chi connectivity index (χ4n) is 4.58. The lowest BCUT2D eigenvalue weighted by Crippen LogP contribution is -2.18. The molecule has 1 aliphatic rings. The number of carbonyl (C=O) groups excluding carboxylic acids is 1. The van der Waals surface area contributed by atoms with Gasteiger partial charge in [-0.3, -0.25) is 4.79 Å². The largest absolute Gasteiger partial charge is 0.463 e. The number of ether oxygens (including phenoxy) is 1. The number of carbonyl (C=O) groups is 1. The van der Waals surface area contributed by atoms with Gasteiger partial charge in [-0.05, 0) is 63.0 Å². The Kier molecular flexibility index (Phi) is 11.8. The van der Waals surface area contributed by atoms with Gasteiger partial charge >= 0.3 is 5.97 Å². The zero-order valence-electron chi connectivity index (χ0n) is 19.9. The van der Waals surface area contributed by atoms with Gasteiger partial charge in [-0.2, -0.15) is 0 Å². The fourth-order valence-corrected chi connectivity index (χ4v) is 5.02. The normalized spacial score (nSPS) is 24.3. The Morgan fingerprint density at radius 1 is 1.19 bits per heavy atom. The van der Waals surface area contributed by atoms with Crippen molar-refractivity contribution in [3.63, 3.8) is 0 Å². The first kappa shape index (κ1) is 26.9. The first-order valence-electron chi connectivity index (χ1n) is 12.3. The molecule has 1 fully saturated rings.